The Morgan fingerprint density at radius 2 is 1.21 bits per heavy atom. The van der Waals surface area contributed by atoms with Gasteiger partial charge in [0.1, 0.15) is 5.75 Å². The van der Waals surface area contributed by atoms with Crippen LogP contribution in [0, 0.1) is 5.92 Å². The van der Waals surface area contributed by atoms with Crippen LogP contribution in [0.25, 0.3) is 11.1 Å². The minimum absolute atomic E-state index is 0.188. The Hall–Kier alpha value is -1.97. The Labute approximate surface area is 197 Å². The molecule has 33 heavy (non-hydrogen) atoms. The van der Waals surface area contributed by atoms with Crippen LogP contribution in [-0.2, 0) is 0 Å². The molecule has 0 aromatic heterocycles. The third-order valence-corrected chi connectivity index (χ3v) is 7.12. The van der Waals surface area contributed by atoms with E-state index in [4.69, 9.17) is 0 Å². The molecule has 0 heterocycles. The van der Waals surface area contributed by atoms with Crippen LogP contribution in [0.2, 0.25) is 0 Å². The lowest BCUT2D eigenvalue weighted by molar-refractivity contribution is -0.274. The van der Waals surface area contributed by atoms with Gasteiger partial charge in [0.25, 0.3) is 0 Å². The number of hydrogen-bond acceptors (Lipinski definition) is 1. The summed E-state index contributed by atoms with van der Waals surface area (Å²) in [6.07, 6.45) is 13.1. The van der Waals surface area contributed by atoms with Gasteiger partial charge in [-0.1, -0.05) is 101 Å². The number of unbranched alkanes of at least 4 members (excludes halogenated alkanes) is 7. The van der Waals surface area contributed by atoms with Crippen molar-refractivity contribution in [3.05, 3.63) is 54.1 Å². The van der Waals surface area contributed by atoms with Gasteiger partial charge in [0.15, 0.2) is 0 Å². The molecular formula is C29H39F3O. The van der Waals surface area contributed by atoms with Crippen LogP contribution in [-0.4, -0.2) is 6.36 Å². The zero-order chi connectivity index (χ0) is 23.5. The molecule has 0 bridgehead atoms. The second-order valence-corrected chi connectivity index (χ2v) is 9.68. The first-order valence-electron chi connectivity index (χ1n) is 12.9. The number of alkyl halides is 3. The molecule has 0 spiro atoms. The van der Waals surface area contributed by atoms with E-state index >= 15 is 0 Å². The molecule has 0 saturated heterocycles. The third-order valence-electron chi connectivity index (χ3n) is 7.12. The fraction of sp³-hybridized carbons (Fsp3) is 0.586. The molecule has 1 aliphatic rings. The summed E-state index contributed by atoms with van der Waals surface area (Å²) in [6.45, 7) is 2.27. The quantitative estimate of drug-likeness (QED) is 0.286. The molecule has 2 aromatic carbocycles. The summed E-state index contributed by atoms with van der Waals surface area (Å²) in [5.74, 6) is 1.35. The molecule has 182 valence electrons. The predicted molar refractivity (Wildman–Crippen MR) is 130 cm³/mol. The van der Waals surface area contributed by atoms with E-state index in [0.29, 0.717) is 5.92 Å². The topological polar surface area (TPSA) is 9.23 Å². The highest BCUT2D eigenvalue weighted by Gasteiger charge is 2.31. The van der Waals surface area contributed by atoms with Crippen molar-refractivity contribution in [1.29, 1.82) is 0 Å². The van der Waals surface area contributed by atoms with Crippen molar-refractivity contribution < 1.29 is 17.9 Å². The van der Waals surface area contributed by atoms with Crippen molar-refractivity contribution in [2.75, 3.05) is 0 Å². The second kappa shape index (κ2) is 13.1. The Bertz CT molecular complexity index is 787. The minimum atomic E-state index is -4.66. The first-order chi connectivity index (χ1) is 15.9. The zero-order valence-corrected chi connectivity index (χ0v) is 20.0. The lowest BCUT2D eigenvalue weighted by Gasteiger charge is -2.29. The van der Waals surface area contributed by atoms with Gasteiger partial charge >= 0.3 is 6.36 Å². The molecule has 0 amide bonds. The molecule has 3 rings (SSSR count). The van der Waals surface area contributed by atoms with E-state index < -0.39 is 6.36 Å². The second-order valence-electron chi connectivity index (χ2n) is 9.68. The van der Waals surface area contributed by atoms with Crippen LogP contribution in [0.15, 0.2) is 48.5 Å². The van der Waals surface area contributed by atoms with E-state index in [1.807, 2.05) is 0 Å². The molecule has 0 aliphatic heterocycles. The smallest absolute Gasteiger partial charge is 0.406 e. The highest BCUT2D eigenvalue weighted by molar-refractivity contribution is 5.64. The molecular weight excluding hydrogens is 421 g/mol. The Balaban J connectivity index is 1.38. The summed E-state index contributed by atoms with van der Waals surface area (Å²) in [5, 5.41) is 0. The summed E-state index contributed by atoms with van der Waals surface area (Å²) >= 11 is 0. The monoisotopic (exact) mass is 460 g/mol. The van der Waals surface area contributed by atoms with Crippen LogP contribution in [0.3, 0.4) is 0 Å². The molecule has 4 heteroatoms. The molecule has 1 aliphatic carbocycles. The fourth-order valence-electron chi connectivity index (χ4n) is 5.15. The summed E-state index contributed by atoms with van der Waals surface area (Å²) in [6, 6.07) is 14.6. The van der Waals surface area contributed by atoms with Crippen LogP contribution < -0.4 is 4.74 Å². The van der Waals surface area contributed by atoms with E-state index in [-0.39, 0.29) is 5.75 Å². The first-order valence-corrected chi connectivity index (χ1v) is 12.9. The maximum atomic E-state index is 12.3. The molecule has 0 radical (unpaired) electrons. The average molecular weight is 461 g/mol. The van der Waals surface area contributed by atoms with Crippen molar-refractivity contribution in [2.45, 2.75) is 103 Å². The third kappa shape index (κ3) is 9.06. The Kier molecular flexibility index (Phi) is 10.1. The molecule has 0 atom stereocenters. The van der Waals surface area contributed by atoms with Crippen molar-refractivity contribution in [1.82, 2.24) is 0 Å². The molecule has 1 fully saturated rings. The van der Waals surface area contributed by atoms with Crippen molar-refractivity contribution >= 4 is 0 Å². The van der Waals surface area contributed by atoms with Crippen molar-refractivity contribution in [2.24, 2.45) is 5.92 Å². The van der Waals surface area contributed by atoms with Gasteiger partial charge in [-0.15, -0.1) is 13.2 Å². The number of ether oxygens (including phenoxy) is 1. The summed E-state index contributed by atoms with van der Waals surface area (Å²) in [5.41, 5.74) is 3.30. The maximum Gasteiger partial charge on any atom is 0.573 e. The van der Waals surface area contributed by atoms with Gasteiger partial charge in [-0.2, -0.15) is 0 Å². The molecule has 0 unspecified atom stereocenters. The van der Waals surface area contributed by atoms with Crippen LogP contribution >= 0.6 is 0 Å². The normalized spacial score (nSPS) is 18.9. The van der Waals surface area contributed by atoms with Gasteiger partial charge in [-0.3, -0.25) is 0 Å². The highest BCUT2D eigenvalue weighted by Crippen LogP contribution is 2.38. The first kappa shape index (κ1) is 25.6. The van der Waals surface area contributed by atoms with Crippen LogP contribution in [0.4, 0.5) is 13.2 Å². The lowest BCUT2D eigenvalue weighted by atomic mass is 9.77. The van der Waals surface area contributed by atoms with Crippen LogP contribution in [0.5, 0.6) is 5.75 Å². The van der Waals surface area contributed by atoms with Gasteiger partial charge in [0, 0.05) is 0 Å². The summed E-state index contributed by atoms with van der Waals surface area (Å²) < 4.78 is 40.9. The lowest BCUT2D eigenvalue weighted by Crippen LogP contribution is -2.16. The van der Waals surface area contributed by atoms with Crippen molar-refractivity contribution in [3.8, 4) is 16.9 Å². The average Bonchev–Trinajstić information content (AvgIpc) is 2.81. The van der Waals surface area contributed by atoms with Gasteiger partial charge in [0.05, 0.1) is 0 Å². The SMILES string of the molecule is CCCCCCCCCCC1CCC(c2ccc(-c3ccc(OC(F)(F)F)cc3)cc2)CC1. The van der Waals surface area contributed by atoms with E-state index in [2.05, 4.69) is 35.9 Å². The van der Waals surface area contributed by atoms with Gasteiger partial charge in [-0.05, 0) is 66.3 Å². The zero-order valence-electron chi connectivity index (χ0n) is 20.0. The number of rotatable bonds is 12. The predicted octanol–water partition coefficient (Wildman–Crippen LogP) is 10.1. The van der Waals surface area contributed by atoms with Crippen LogP contribution in [0.1, 0.15) is 102 Å². The number of halogens is 3. The standard InChI is InChI=1S/C29H39F3O/c1-2-3-4-5-6-7-8-9-10-23-11-13-24(14-12-23)25-15-17-26(18-16-25)27-19-21-28(22-20-27)33-29(30,31)32/h15-24H,2-14H2,1H3. The van der Waals surface area contributed by atoms with Gasteiger partial charge in [0.2, 0.25) is 0 Å². The summed E-state index contributed by atoms with van der Waals surface area (Å²) in [4.78, 5) is 0. The highest BCUT2D eigenvalue weighted by atomic mass is 19.4. The minimum Gasteiger partial charge on any atom is -0.406 e. The molecule has 1 saturated carbocycles. The Morgan fingerprint density at radius 3 is 1.76 bits per heavy atom. The van der Waals surface area contributed by atoms with E-state index in [1.54, 1.807) is 12.1 Å². The molecule has 0 N–H and O–H groups in total. The summed E-state index contributed by atoms with van der Waals surface area (Å²) in [7, 11) is 0. The number of hydrogen-bond donors (Lipinski definition) is 0. The van der Waals surface area contributed by atoms with E-state index in [0.717, 1.165) is 17.0 Å². The maximum absolute atomic E-state index is 12.3. The fourth-order valence-corrected chi connectivity index (χ4v) is 5.15. The van der Waals surface area contributed by atoms with Gasteiger partial charge < -0.3 is 4.74 Å². The van der Waals surface area contributed by atoms with Crippen molar-refractivity contribution in [3.63, 3.8) is 0 Å². The van der Waals surface area contributed by atoms with Gasteiger partial charge in [-0.25, -0.2) is 0 Å². The van der Waals surface area contributed by atoms with E-state index in [1.165, 1.54) is 101 Å². The molecule has 2 aromatic rings. The van der Waals surface area contributed by atoms with E-state index in [9.17, 15) is 13.2 Å². The molecule has 1 nitrogen and oxygen atoms in total. The largest absolute Gasteiger partial charge is 0.573 e. The Morgan fingerprint density at radius 1 is 0.697 bits per heavy atom. The number of benzene rings is 2.